The summed E-state index contributed by atoms with van der Waals surface area (Å²) in [6.07, 6.45) is 1.37. The van der Waals surface area contributed by atoms with E-state index in [0.29, 0.717) is 21.7 Å². The van der Waals surface area contributed by atoms with Gasteiger partial charge in [0.05, 0.1) is 11.2 Å². The van der Waals surface area contributed by atoms with Crippen LogP contribution in [0.15, 0.2) is 29.6 Å². The molecule has 4 N–H and O–H groups in total. The summed E-state index contributed by atoms with van der Waals surface area (Å²) in [7, 11) is 0. The Hall–Kier alpha value is -2.72. The Kier molecular flexibility index (Phi) is 3.54. The van der Waals surface area contributed by atoms with Gasteiger partial charge in [0.15, 0.2) is 5.84 Å². The molecule has 0 aliphatic heterocycles. The molecule has 0 aliphatic rings. The lowest BCUT2D eigenvalue weighted by Gasteiger charge is -2.03. The van der Waals surface area contributed by atoms with Gasteiger partial charge in [-0.1, -0.05) is 11.6 Å². The van der Waals surface area contributed by atoms with Crippen molar-refractivity contribution >= 4 is 39.7 Å². The van der Waals surface area contributed by atoms with Crippen molar-refractivity contribution in [1.29, 1.82) is 10.7 Å². The van der Waals surface area contributed by atoms with E-state index in [4.69, 9.17) is 28.0 Å². The molecule has 0 spiro atoms. The number of rotatable bonds is 3. The van der Waals surface area contributed by atoms with Crippen LogP contribution in [0.4, 0.5) is 5.69 Å². The number of nitrogens with two attached hydrogens (primary N) is 1. The second-order valence-electron chi connectivity index (χ2n) is 3.49. The number of nitrogens with zero attached hydrogens (tertiary/aromatic N) is 4. The molecule has 94 valence electrons. The Morgan fingerprint density at radius 3 is 2.95 bits per heavy atom. The first-order chi connectivity index (χ1) is 9.11. The molecule has 0 atom stereocenters. The molecule has 0 saturated heterocycles. The Morgan fingerprint density at radius 2 is 2.26 bits per heavy atom. The van der Waals surface area contributed by atoms with Crippen molar-refractivity contribution in [3.63, 3.8) is 0 Å². The minimum absolute atomic E-state index is 0.199. The van der Waals surface area contributed by atoms with Gasteiger partial charge < -0.3 is 5.73 Å². The fourth-order valence-corrected chi connectivity index (χ4v) is 1.56. The fourth-order valence-electron chi connectivity index (χ4n) is 1.36. The predicted octanol–water partition coefficient (Wildman–Crippen LogP) is 1.51. The van der Waals surface area contributed by atoms with Crippen LogP contribution in [0.25, 0.3) is 10.9 Å². The Balaban J connectivity index is 2.35. The van der Waals surface area contributed by atoms with Crippen molar-refractivity contribution in [2.24, 2.45) is 10.8 Å². The second-order valence-corrected chi connectivity index (χ2v) is 3.85. The number of hydrazone groups is 1. The molecule has 0 amide bonds. The van der Waals surface area contributed by atoms with Crippen LogP contribution < -0.4 is 11.2 Å². The molecule has 1 aromatic carbocycles. The van der Waals surface area contributed by atoms with Gasteiger partial charge in [-0.3, -0.25) is 10.8 Å². The molecular formula is C11H8ClN7. The molecule has 2 rings (SSSR count). The van der Waals surface area contributed by atoms with Crippen LogP contribution in [0.1, 0.15) is 0 Å². The predicted molar refractivity (Wildman–Crippen MR) is 73.1 cm³/mol. The van der Waals surface area contributed by atoms with Gasteiger partial charge in [-0.2, -0.15) is 10.4 Å². The van der Waals surface area contributed by atoms with Crippen LogP contribution in [0.5, 0.6) is 0 Å². The Bertz CT molecular complexity index is 717. The summed E-state index contributed by atoms with van der Waals surface area (Å²) in [5, 5.41) is 20.5. The number of aromatic nitrogens is 2. The lowest BCUT2D eigenvalue weighted by molar-refractivity contribution is 1.22. The van der Waals surface area contributed by atoms with Gasteiger partial charge >= 0.3 is 0 Å². The lowest BCUT2D eigenvalue weighted by Crippen LogP contribution is -2.21. The van der Waals surface area contributed by atoms with Gasteiger partial charge in [0.25, 0.3) is 0 Å². The first-order valence-corrected chi connectivity index (χ1v) is 5.48. The van der Waals surface area contributed by atoms with Gasteiger partial charge in [0, 0.05) is 5.39 Å². The molecule has 19 heavy (non-hydrogen) atoms. The van der Waals surface area contributed by atoms with E-state index in [2.05, 4.69) is 20.5 Å². The van der Waals surface area contributed by atoms with E-state index < -0.39 is 5.84 Å². The third kappa shape index (κ3) is 2.75. The summed E-state index contributed by atoms with van der Waals surface area (Å²) >= 11 is 5.95. The average Bonchev–Trinajstić information content (AvgIpc) is 2.40. The normalized spacial score (nSPS) is 11.1. The molecule has 0 fully saturated rings. The molecule has 1 aromatic heterocycles. The Labute approximate surface area is 113 Å². The molecule has 0 saturated carbocycles. The van der Waals surface area contributed by atoms with Gasteiger partial charge in [0.1, 0.15) is 17.5 Å². The molecule has 0 radical (unpaired) electrons. The van der Waals surface area contributed by atoms with Gasteiger partial charge in [-0.25, -0.2) is 9.97 Å². The maximum atomic E-state index is 8.71. The zero-order valence-corrected chi connectivity index (χ0v) is 10.3. The molecule has 0 aliphatic carbocycles. The van der Waals surface area contributed by atoms with Crippen molar-refractivity contribution in [2.75, 3.05) is 5.43 Å². The monoisotopic (exact) mass is 273 g/mol. The second kappa shape index (κ2) is 5.29. The molecular weight excluding hydrogens is 266 g/mol. The number of nitriles is 1. The highest BCUT2D eigenvalue weighted by atomic mass is 35.5. The minimum atomic E-state index is -0.405. The number of fused-ring (bicyclic) bond motifs is 1. The fraction of sp³-hybridized carbons (Fsp3) is 0. The number of hydrogen-bond acceptors (Lipinski definition) is 6. The van der Waals surface area contributed by atoms with Crippen LogP contribution in [-0.4, -0.2) is 21.5 Å². The summed E-state index contributed by atoms with van der Waals surface area (Å²) in [5.41, 5.74) is 8.88. The first-order valence-electron chi connectivity index (χ1n) is 5.10. The summed E-state index contributed by atoms with van der Waals surface area (Å²) < 4.78 is 0. The van der Waals surface area contributed by atoms with Crippen LogP contribution in [0.2, 0.25) is 5.15 Å². The quantitative estimate of drug-likeness (QED) is 0.338. The summed E-state index contributed by atoms with van der Waals surface area (Å²) in [4.78, 5) is 7.93. The standard InChI is InChI=1S/C11H8ClN7/c12-10-7-3-6(1-2-8(7)16-5-17-10)18-19-9(4-13)11(14)15/h1-3,5,18H,(H3,14,15)/b19-9+. The maximum absolute atomic E-state index is 8.71. The van der Waals surface area contributed by atoms with E-state index in [9.17, 15) is 0 Å². The van der Waals surface area contributed by atoms with E-state index in [0.717, 1.165) is 0 Å². The first kappa shape index (κ1) is 12.7. The van der Waals surface area contributed by atoms with Gasteiger partial charge in [-0.15, -0.1) is 0 Å². The molecule has 0 bridgehead atoms. The number of benzene rings is 1. The van der Waals surface area contributed by atoms with Crippen molar-refractivity contribution in [3.05, 3.63) is 29.7 Å². The highest BCUT2D eigenvalue weighted by molar-refractivity contribution is 6.45. The molecule has 8 heteroatoms. The van der Waals surface area contributed by atoms with E-state index in [1.165, 1.54) is 6.33 Å². The zero-order chi connectivity index (χ0) is 13.8. The number of hydrogen-bond donors (Lipinski definition) is 3. The number of anilines is 1. The van der Waals surface area contributed by atoms with E-state index >= 15 is 0 Å². The molecule has 7 nitrogen and oxygen atoms in total. The van der Waals surface area contributed by atoms with E-state index in [1.807, 2.05) is 0 Å². The highest BCUT2D eigenvalue weighted by Gasteiger charge is 2.04. The van der Waals surface area contributed by atoms with Crippen molar-refractivity contribution in [3.8, 4) is 6.07 Å². The third-order valence-electron chi connectivity index (χ3n) is 2.24. The molecule has 2 aromatic rings. The summed E-state index contributed by atoms with van der Waals surface area (Å²) in [6, 6.07) is 6.85. The maximum Gasteiger partial charge on any atom is 0.201 e. The number of halogens is 1. The summed E-state index contributed by atoms with van der Waals surface area (Å²) in [5.74, 6) is -0.405. The van der Waals surface area contributed by atoms with Crippen LogP contribution in [0, 0.1) is 16.7 Å². The average molecular weight is 274 g/mol. The third-order valence-corrected chi connectivity index (χ3v) is 2.55. The van der Waals surface area contributed by atoms with Crippen LogP contribution in [-0.2, 0) is 0 Å². The smallest absolute Gasteiger partial charge is 0.201 e. The number of nitrogens with one attached hydrogen (secondary N) is 2. The Morgan fingerprint density at radius 1 is 1.47 bits per heavy atom. The van der Waals surface area contributed by atoms with Gasteiger partial charge in [0.2, 0.25) is 5.71 Å². The van der Waals surface area contributed by atoms with Crippen molar-refractivity contribution < 1.29 is 0 Å². The summed E-state index contributed by atoms with van der Waals surface area (Å²) in [6.45, 7) is 0. The largest absolute Gasteiger partial charge is 0.382 e. The lowest BCUT2D eigenvalue weighted by atomic mass is 10.2. The molecule has 0 unspecified atom stereocenters. The van der Waals surface area contributed by atoms with E-state index in [-0.39, 0.29) is 5.71 Å². The highest BCUT2D eigenvalue weighted by Crippen LogP contribution is 2.22. The number of amidine groups is 1. The minimum Gasteiger partial charge on any atom is -0.382 e. The van der Waals surface area contributed by atoms with Crippen molar-refractivity contribution in [2.45, 2.75) is 0 Å². The zero-order valence-electron chi connectivity index (χ0n) is 9.55. The van der Waals surface area contributed by atoms with Gasteiger partial charge in [-0.05, 0) is 18.2 Å². The van der Waals surface area contributed by atoms with Crippen molar-refractivity contribution in [1.82, 2.24) is 9.97 Å². The molecule has 1 heterocycles. The van der Waals surface area contributed by atoms with E-state index in [1.54, 1.807) is 24.3 Å². The SMILES string of the molecule is N#C/C(=N\Nc1ccc2ncnc(Cl)c2c1)C(=N)N. The van der Waals surface area contributed by atoms with Crippen LogP contribution >= 0.6 is 11.6 Å². The topological polar surface area (TPSA) is 124 Å². The van der Waals surface area contributed by atoms with Crippen LogP contribution in [0.3, 0.4) is 0 Å².